The highest BCUT2D eigenvalue weighted by molar-refractivity contribution is 7.10. The van der Waals surface area contributed by atoms with Crippen molar-refractivity contribution in [3.05, 3.63) is 58.8 Å². The Kier molecular flexibility index (Phi) is 7.98. The zero-order chi connectivity index (χ0) is 23.3. The first-order chi connectivity index (χ1) is 15.2. The van der Waals surface area contributed by atoms with E-state index in [-0.39, 0.29) is 24.5 Å². The lowest BCUT2D eigenvalue weighted by Gasteiger charge is -2.40. The Balaban J connectivity index is 1.76. The van der Waals surface area contributed by atoms with Crippen LogP contribution in [0.1, 0.15) is 37.3 Å². The number of carbonyl (C=O) groups excluding carboxylic acids is 1. The molecule has 1 N–H and O–H groups in total. The first-order valence-electron chi connectivity index (χ1n) is 10.9. The molecule has 7 heteroatoms. The quantitative estimate of drug-likeness (QED) is 0.547. The van der Waals surface area contributed by atoms with E-state index >= 15 is 0 Å². The van der Waals surface area contributed by atoms with E-state index in [1.54, 1.807) is 38.4 Å². The smallest absolute Gasteiger partial charge is 0.237 e. The van der Waals surface area contributed by atoms with Gasteiger partial charge in [-0.2, -0.15) is 0 Å². The Hall–Kier alpha value is -2.35. The number of amides is 1. The van der Waals surface area contributed by atoms with Crippen LogP contribution in [0.3, 0.4) is 0 Å². The highest BCUT2D eigenvalue weighted by atomic mass is 32.1. The number of ether oxygens (including phenoxy) is 2. The van der Waals surface area contributed by atoms with Gasteiger partial charge < -0.3 is 19.5 Å². The van der Waals surface area contributed by atoms with Gasteiger partial charge in [-0.3, -0.25) is 9.69 Å². The normalized spacial score (nSPS) is 17.1. The zero-order valence-corrected chi connectivity index (χ0v) is 20.2. The molecule has 0 saturated heterocycles. The number of fused-ring (bicyclic) bond motifs is 1. The summed E-state index contributed by atoms with van der Waals surface area (Å²) in [5.41, 5.74) is 0.233. The maximum absolute atomic E-state index is 13.5. The number of aliphatic hydroxyl groups is 1. The molecule has 174 valence electrons. The molecular formula is C25H34N2O4S. The van der Waals surface area contributed by atoms with E-state index in [0.29, 0.717) is 19.7 Å². The second-order valence-corrected chi connectivity index (χ2v) is 9.69. The molecule has 0 fully saturated rings. The third-order valence-electron chi connectivity index (χ3n) is 6.15. The standard InChI is InChI=1S/C25H34N2O4S/c1-6-13-26(18(2)25(3,4)29)16-24(28)27-14-11-23-21(12-15-32-23)22(27)17-31-20-9-7-19(30-5)8-10-20/h6-10,12,15,18,22,29H,1,11,13-14,16-17H2,2-5H3/t18-,22+/m1/s1. The van der Waals surface area contributed by atoms with E-state index in [1.807, 2.05) is 41.0 Å². The summed E-state index contributed by atoms with van der Waals surface area (Å²) in [4.78, 5) is 18.7. The summed E-state index contributed by atoms with van der Waals surface area (Å²) >= 11 is 1.73. The third kappa shape index (κ3) is 5.71. The highest BCUT2D eigenvalue weighted by Gasteiger charge is 2.35. The third-order valence-corrected chi connectivity index (χ3v) is 7.15. The average Bonchev–Trinajstić information content (AvgIpc) is 3.25. The van der Waals surface area contributed by atoms with Gasteiger partial charge in [0.25, 0.3) is 0 Å². The van der Waals surface area contributed by atoms with E-state index in [4.69, 9.17) is 9.47 Å². The Bertz CT molecular complexity index is 903. The van der Waals surface area contributed by atoms with Gasteiger partial charge in [-0.25, -0.2) is 0 Å². The minimum atomic E-state index is -0.928. The molecule has 1 aromatic heterocycles. The summed E-state index contributed by atoms with van der Waals surface area (Å²) in [6.07, 6.45) is 2.62. The van der Waals surface area contributed by atoms with Crippen molar-refractivity contribution in [3.8, 4) is 11.5 Å². The summed E-state index contributed by atoms with van der Waals surface area (Å²) in [5, 5.41) is 12.6. The predicted octanol–water partition coefficient (Wildman–Crippen LogP) is 3.91. The molecule has 1 amide bonds. The maximum atomic E-state index is 13.5. The van der Waals surface area contributed by atoms with Gasteiger partial charge in [0.15, 0.2) is 0 Å². The number of nitrogens with zero attached hydrogens (tertiary/aromatic N) is 2. The van der Waals surface area contributed by atoms with Crippen molar-refractivity contribution >= 4 is 17.2 Å². The molecule has 0 bridgehead atoms. The molecule has 2 aromatic rings. The van der Waals surface area contributed by atoms with Crippen molar-refractivity contribution in [2.75, 3.05) is 33.4 Å². The molecule has 1 aromatic carbocycles. The predicted molar refractivity (Wildman–Crippen MR) is 128 cm³/mol. The SMILES string of the molecule is C=CCN(CC(=O)N1CCc2sccc2[C@@H]1COc1ccc(OC)cc1)[C@H](C)C(C)(C)O. The zero-order valence-electron chi connectivity index (χ0n) is 19.4. The van der Waals surface area contributed by atoms with Crippen LogP contribution in [-0.4, -0.2) is 65.8 Å². The lowest BCUT2D eigenvalue weighted by Crippen LogP contribution is -2.53. The second-order valence-electron chi connectivity index (χ2n) is 8.69. The van der Waals surface area contributed by atoms with Gasteiger partial charge in [-0.05, 0) is 68.5 Å². The van der Waals surface area contributed by atoms with Crippen LogP contribution in [0.15, 0.2) is 48.4 Å². The van der Waals surface area contributed by atoms with Crippen LogP contribution < -0.4 is 9.47 Å². The van der Waals surface area contributed by atoms with Crippen LogP contribution in [0.5, 0.6) is 11.5 Å². The minimum Gasteiger partial charge on any atom is -0.497 e. The Labute approximate surface area is 195 Å². The number of benzene rings is 1. The maximum Gasteiger partial charge on any atom is 0.237 e. The van der Waals surface area contributed by atoms with Crippen molar-refractivity contribution in [2.24, 2.45) is 0 Å². The van der Waals surface area contributed by atoms with Crippen molar-refractivity contribution in [3.63, 3.8) is 0 Å². The highest BCUT2D eigenvalue weighted by Crippen LogP contribution is 2.34. The van der Waals surface area contributed by atoms with Crippen LogP contribution >= 0.6 is 11.3 Å². The minimum absolute atomic E-state index is 0.0307. The molecule has 2 atom stereocenters. The second kappa shape index (κ2) is 10.5. The number of hydrogen-bond donors (Lipinski definition) is 1. The fourth-order valence-corrected chi connectivity index (χ4v) is 4.89. The van der Waals surface area contributed by atoms with Gasteiger partial charge in [-0.15, -0.1) is 17.9 Å². The molecule has 0 radical (unpaired) electrons. The fourth-order valence-electron chi connectivity index (χ4n) is 3.96. The molecule has 0 unspecified atom stereocenters. The summed E-state index contributed by atoms with van der Waals surface area (Å²) in [5.74, 6) is 1.54. The van der Waals surface area contributed by atoms with Crippen LogP contribution in [0.25, 0.3) is 0 Å². The largest absolute Gasteiger partial charge is 0.497 e. The lowest BCUT2D eigenvalue weighted by molar-refractivity contribution is -0.137. The van der Waals surface area contributed by atoms with Crippen molar-refractivity contribution in [2.45, 2.75) is 44.9 Å². The molecule has 0 spiro atoms. The molecular weight excluding hydrogens is 424 g/mol. The molecule has 0 saturated carbocycles. The Morgan fingerprint density at radius 3 is 2.66 bits per heavy atom. The number of methoxy groups -OCH3 is 1. The van der Waals surface area contributed by atoms with Gasteiger partial charge in [0.1, 0.15) is 18.1 Å². The summed E-state index contributed by atoms with van der Waals surface area (Å²) in [6, 6.07) is 9.23. The van der Waals surface area contributed by atoms with E-state index in [9.17, 15) is 9.90 Å². The van der Waals surface area contributed by atoms with Crippen molar-refractivity contribution in [1.82, 2.24) is 9.80 Å². The van der Waals surface area contributed by atoms with Gasteiger partial charge in [0.05, 0.1) is 25.3 Å². The van der Waals surface area contributed by atoms with Gasteiger partial charge in [0.2, 0.25) is 5.91 Å². The van der Waals surface area contributed by atoms with Crippen molar-refractivity contribution in [1.29, 1.82) is 0 Å². The van der Waals surface area contributed by atoms with E-state index in [0.717, 1.165) is 23.5 Å². The van der Waals surface area contributed by atoms with Gasteiger partial charge in [-0.1, -0.05) is 6.08 Å². The first-order valence-corrected chi connectivity index (χ1v) is 11.8. The molecule has 6 nitrogen and oxygen atoms in total. The van der Waals surface area contributed by atoms with Crippen LogP contribution in [-0.2, 0) is 11.2 Å². The van der Waals surface area contributed by atoms with E-state index < -0.39 is 5.60 Å². The molecule has 0 aliphatic carbocycles. The fraction of sp³-hybridized carbons (Fsp3) is 0.480. The molecule has 2 heterocycles. The number of thiophene rings is 1. The lowest BCUT2D eigenvalue weighted by atomic mass is 9.98. The molecule has 3 rings (SSSR count). The van der Waals surface area contributed by atoms with Crippen LogP contribution in [0.4, 0.5) is 0 Å². The topological polar surface area (TPSA) is 62.2 Å². The Morgan fingerprint density at radius 2 is 2.03 bits per heavy atom. The van der Waals surface area contributed by atoms with Gasteiger partial charge in [0, 0.05) is 24.0 Å². The Morgan fingerprint density at radius 1 is 1.34 bits per heavy atom. The van der Waals surface area contributed by atoms with Crippen molar-refractivity contribution < 1.29 is 19.4 Å². The molecule has 1 aliphatic heterocycles. The average molecular weight is 459 g/mol. The van der Waals surface area contributed by atoms with Crippen LogP contribution in [0, 0.1) is 0 Å². The summed E-state index contributed by atoms with van der Waals surface area (Å²) in [6.45, 7) is 11.1. The number of hydrogen-bond acceptors (Lipinski definition) is 6. The summed E-state index contributed by atoms with van der Waals surface area (Å²) < 4.78 is 11.3. The molecule has 32 heavy (non-hydrogen) atoms. The first kappa shape index (κ1) is 24.3. The van der Waals surface area contributed by atoms with Crippen LogP contribution in [0.2, 0.25) is 0 Å². The van der Waals surface area contributed by atoms with Gasteiger partial charge >= 0.3 is 0 Å². The number of carbonyl (C=O) groups is 1. The number of rotatable bonds is 10. The monoisotopic (exact) mass is 458 g/mol. The van der Waals surface area contributed by atoms with E-state index in [1.165, 1.54) is 4.88 Å². The van der Waals surface area contributed by atoms with E-state index in [2.05, 4.69) is 18.0 Å². The summed E-state index contributed by atoms with van der Waals surface area (Å²) in [7, 11) is 1.63. The molecule has 1 aliphatic rings.